The summed E-state index contributed by atoms with van der Waals surface area (Å²) in [4.78, 5) is 39.0. The average molecular weight is 586 g/mol. The fourth-order valence-electron chi connectivity index (χ4n) is 3.43. The fourth-order valence-corrected chi connectivity index (χ4v) is 4.95. The fraction of sp³-hybridized carbons (Fsp3) is 0.148. The van der Waals surface area contributed by atoms with E-state index in [0.29, 0.717) is 21.4 Å². The van der Waals surface area contributed by atoms with Crippen LogP contribution >= 0.6 is 39.3 Å². The summed E-state index contributed by atoms with van der Waals surface area (Å²) in [5.41, 5.74) is 4.45. The molecule has 4 rings (SSSR count). The molecule has 1 aliphatic rings. The van der Waals surface area contributed by atoms with E-state index in [1.807, 2.05) is 26.0 Å². The van der Waals surface area contributed by atoms with Gasteiger partial charge in [0.1, 0.15) is 5.75 Å². The molecular formula is C27H22BrClN2O4S. The Morgan fingerprint density at radius 3 is 2.42 bits per heavy atom. The molecule has 184 valence electrons. The van der Waals surface area contributed by atoms with Crippen molar-refractivity contribution in [1.29, 1.82) is 0 Å². The number of nitrogens with zero attached hydrogens (tertiary/aromatic N) is 1. The molecule has 9 heteroatoms. The first-order chi connectivity index (χ1) is 17.2. The largest absolute Gasteiger partial charge is 0.484 e. The van der Waals surface area contributed by atoms with Crippen molar-refractivity contribution < 1.29 is 19.1 Å². The molecule has 3 amide bonds. The number of amides is 3. The monoisotopic (exact) mass is 584 g/mol. The van der Waals surface area contributed by atoms with Crippen molar-refractivity contribution in [2.45, 2.75) is 20.4 Å². The predicted molar refractivity (Wildman–Crippen MR) is 147 cm³/mol. The predicted octanol–water partition coefficient (Wildman–Crippen LogP) is 6.97. The van der Waals surface area contributed by atoms with Crippen LogP contribution in [0.2, 0.25) is 5.02 Å². The topological polar surface area (TPSA) is 75.7 Å². The smallest absolute Gasteiger partial charge is 0.293 e. The normalized spacial score (nSPS) is 14.4. The number of benzene rings is 3. The van der Waals surface area contributed by atoms with Crippen LogP contribution in [0.25, 0.3) is 6.08 Å². The molecule has 1 saturated heterocycles. The molecule has 1 aliphatic heterocycles. The number of halogens is 2. The van der Waals surface area contributed by atoms with Crippen LogP contribution in [0.4, 0.5) is 10.5 Å². The van der Waals surface area contributed by atoms with Crippen molar-refractivity contribution in [3.8, 4) is 5.75 Å². The maximum Gasteiger partial charge on any atom is 0.293 e. The number of aryl methyl sites for hydroxylation is 2. The highest BCUT2D eigenvalue weighted by molar-refractivity contribution is 9.10. The summed E-state index contributed by atoms with van der Waals surface area (Å²) >= 11 is 10.3. The summed E-state index contributed by atoms with van der Waals surface area (Å²) < 4.78 is 6.40. The molecule has 0 saturated carbocycles. The van der Waals surface area contributed by atoms with Crippen LogP contribution in [-0.4, -0.2) is 28.6 Å². The molecule has 0 bridgehead atoms. The van der Waals surface area contributed by atoms with Gasteiger partial charge >= 0.3 is 0 Å². The molecule has 0 aromatic heterocycles. The molecule has 0 spiro atoms. The Balaban J connectivity index is 1.34. The van der Waals surface area contributed by atoms with E-state index in [2.05, 4.69) is 21.2 Å². The Morgan fingerprint density at radius 2 is 1.72 bits per heavy atom. The number of thioether (sulfide) groups is 1. The molecule has 3 aromatic carbocycles. The lowest BCUT2D eigenvalue weighted by Crippen LogP contribution is -2.27. The number of ether oxygens (including phenoxy) is 1. The summed E-state index contributed by atoms with van der Waals surface area (Å²) in [5, 5.41) is 3.11. The number of rotatable bonds is 7. The number of nitrogens with one attached hydrogen (secondary N) is 1. The lowest BCUT2D eigenvalue weighted by atomic mass is 10.1. The first-order valence-electron chi connectivity index (χ1n) is 11.0. The van der Waals surface area contributed by atoms with E-state index in [9.17, 15) is 14.4 Å². The third kappa shape index (κ3) is 6.37. The van der Waals surface area contributed by atoms with Crippen molar-refractivity contribution >= 4 is 68.1 Å². The van der Waals surface area contributed by atoms with E-state index in [0.717, 1.165) is 38.5 Å². The van der Waals surface area contributed by atoms with E-state index >= 15 is 0 Å². The number of carbonyl (C=O) groups is 3. The molecular weight excluding hydrogens is 564 g/mol. The van der Waals surface area contributed by atoms with Crippen LogP contribution in [0.15, 0.2) is 70.0 Å². The van der Waals surface area contributed by atoms with Gasteiger partial charge in [0, 0.05) is 9.50 Å². The molecule has 1 heterocycles. The number of carbonyl (C=O) groups excluding carboxylic acids is 3. The van der Waals surface area contributed by atoms with E-state index in [4.69, 9.17) is 16.3 Å². The Morgan fingerprint density at radius 1 is 1.06 bits per heavy atom. The van der Waals surface area contributed by atoms with Gasteiger partial charge in [-0.05, 0) is 106 Å². The highest BCUT2D eigenvalue weighted by Crippen LogP contribution is 2.33. The second kappa shape index (κ2) is 11.3. The van der Waals surface area contributed by atoms with Gasteiger partial charge in [-0.1, -0.05) is 35.9 Å². The molecule has 1 N–H and O–H groups in total. The van der Waals surface area contributed by atoms with Gasteiger partial charge in [-0.15, -0.1) is 0 Å². The quantitative estimate of drug-likeness (QED) is 0.303. The first-order valence-corrected chi connectivity index (χ1v) is 13.0. The maximum atomic E-state index is 12.8. The Bertz CT molecular complexity index is 1360. The van der Waals surface area contributed by atoms with Gasteiger partial charge in [0.25, 0.3) is 17.1 Å². The van der Waals surface area contributed by atoms with Gasteiger partial charge in [0.05, 0.1) is 17.1 Å². The van der Waals surface area contributed by atoms with E-state index < -0.39 is 0 Å². The zero-order valence-corrected chi connectivity index (χ0v) is 22.7. The molecule has 0 unspecified atom stereocenters. The Kier molecular flexibility index (Phi) is 8.18. The van der Waals surface area contributed by atoms with Gasteiger partial charge < -0.3 is 10.1 Å². The summed E-state index contributed by atoms with van der Waals surface area (Å²) in [5.74, 6) is -0.107. The lowest BCUT2D eigenvalue weighted by molar-refractivity contribution is -0.123. The second-order valence-corrected chi connectivity index (χ2v) is 10.5. The molecule has 36 heavy (non-hydrogen) atoms. The van der Waals surface area contributed by atoms with Crippen LogP contribution in [0.5, 0.6) is 5.75 Å². The standard InChI is InChI=1S/C27H22BrClN2O4S/c1-16-11-22(28)23(12-17(16)2)30-25(32)15-35-21-9-5-18(6-10-21)13-24-26(33)31(27(34)36-24)14-19-3-7-20(29)8-4-19/h3-13H,14-15H2,1-2H3,(H,30,32)/b24-13-. The third-order valence-electron chi connectivity index (χ3n) is 5.53. The van der Waals surface area contributed by atoms with E-state index in [1.54, 1.807) is 54.6 Å². The lowest BCUT2D eigenvalue weighted by Gasteiger charge is -2.12. The van der Waals surface area contributed by atoms with Crippen molar-refractivity contribution in [3.05, 3.63) is 97.3 Å². The van der Waals surface area contributed by atoms with Crippen LogP contribution in [0.1, 0.15) is 22.3 Å². The zero-order chi connectivity index (χ0) is 25.8. The SMILES string of the molecule is Cc1cc(Br)c(NC(=O)COc2ccc(/C=C3\SC(=O)N(Cc4ccc(Cl)cc4)C3=O)cc2)cc1C. The van der Waals surface area contributed by atoms with Gasteiger partial charge in [-0.25, -0.2) is 0 Å². The van der Waals surface area contributed by atoms with Gasteiger partial charge in [0.2, 0.25) is 0 Å². The zero-order valence-electron chi connectivity index (χ0n) is 19.5. The Labute approximate surface area is 226 Å². The first kappa shape index (κ1) is 26.0. The highest BCUT2D eigenvalue weighted by Gasteiger charge is 2.34. The highest BCUT2D eigenvalue weighted by atomic mass is 79.9. The van der Waals surface area contributed by atoms with Gasteiger partial charge in [-0.2, -0.15) is 0 Å². The summed E-state index contributed by atoms with van der Waals surface area (Å²) in [6.07, 6.45) is 1.67. The molecule has 1 fully saturated rings. The van der Waals surface area contributed by atoms with Crippen molar-refractivity contribution in [3.63, 3.8) is 0 Å². The third-order valence-corrected chi connectivity index (χ3v) is 7.35. The minimum Gasteiger partial charge on any atom is -0.484 e. The minimum absolute atomic E-state index is 0.150. The van der Waals surface area contributed by atoms with Gasteiger partial charge in [0.15, 0.2) is 6.61 Å². The summed E-state index contributed by atoms with van der Waals surface area (Å²) in [6, 6.07) is 17.8. The summed E-state index contributed by atoms with van der Waals surface area (Å²) in [7, 11) is 0. The molecule has 0 atom stereocenters. The van der Waals surface area contributed by atoms with E-state index in [1.165, 1.54) is 4.90 Å². The molecule has 6 nitrogen and oxygen atoms in total. The summed E-state index contributed by atoms with van der Waals surface area (Å²) in [6.45, 7) is 4.02. The van der Waals surface area contributed by atoms with Crippen LogP contribution in [0.3, 0.4) is 0 Å². The van der Waals surface area contributed by atoms with Gasteiger partial charge in [-0.3, -0.25) is 19.3 Å². The number of imide groups is 1. The van der Waals surface area contributed by atoms with Crippen LogP contribution in [-0.2, 0) is 16.1 Å². The van der Waals surface area contributed by atoms with Crippen molar-refractivity contribution in [2.24, 2.45) is 0 Å². The number of hydrogen-bond acceptors (Lipinski definition) is 5. The molecule has 0 aliphatic carbocycles. The van der Waals surface area contributed by atoms with Crippen LogP contribution in [0, 0.1) is 13.8 Å². The molecule has 0 radical (unpaired) electrons. The average Bonchev–Trinajstić information content (AvgIpc) is 3.10. The number of hydrogen-bond donors (Lipinski definition) is 1. The van der Waals surface area contributed by atoms with Crippen molar-refractivity contribution in [1.82, 2.24) is 4.90 Å². The maximum absolute atomic E-state index is 12.8. The van der Waals surface area contributed by atoms with Crippen molar-refractivity contribution in [2.75, 3.05) is 11.9 Å². The molecule has 3 aromatic rings. The number of anilines is 1. The second-order valence-electron chi connectivity index (χ2n) is 8.22. The minimum atomic E-state index is -0.338. The van der Waals surface area contributed by atoms with Crippen LogP contribution < -0.4 is 10.1 Å². The van der Waals surface area contributed by atoms with E-state index in [-0.39, 0.29) is 30.2 Å². The Hall–Kier alpha value is -3.07.